The third-order valence-corrected chi connectivity index (χ3v) is 6.00. The Bertz CT molecular complexity index is 686. The summed E-state index contributed by atoms with van der Waals surface area (Å²) < 4.78 is 18.7. The lowest BCUT2D eigenvalue weighted by Gasteiger charge is -2.47. The minimum Gasteiger partial charge on any atom is -0.493 e. The predicted molar refractivity (Wildman–Crippen MR) is 110 cm³/mol. The summed E-state index contributed by atoms with van der Waals surface area (Å²) in [6.07, 6.45) is 1.03. The molecule has 0 saturated carbocycles. The third kappa shape index (κ3) is 4.44. The van der Waals surface area contributed by atoms with Gasteiger partial charge in [0.25, 0.3) is 0 Å². The Labute approximate surface area is 171 Å². The highest BCUT2D eigenvalue weighted by Gasteiger charge is 2.41. The number of aliphatic hydroxyl groups is 1. The van der Waals surface area contributed by atoms with Crippen molar-refractivity contribution in [2.75, 3.05) is 20.2 Å². The number of halogens is 1. The van der Waals surface area contributed by atoms with Crippen molar-refractivity contribution < 1.29 is 19.3 Å². The zero-order chi connectivity index (χ0) is 19.9. The minimum atomic E-state index is -0.479. The normalized spacial score (nSPS) is 25.9. The Morgan fingerprint density at radius 2 is 2.00 bits per heavy atom. The maximum Gasteiger partial charge on any atom is 0.175 e. The van der Waals surface area contributed by atoms with Crippen LogP contribution < -0.4 is 9.47 Å². The van der Waals surface area contributed by atoms with Crippen molar-refractivity contribution in [2.45, 2.75) is 77.4 Å². The molecule has 0 unspecified atom stereocenters. The summed E-state index contributed by atoms with van der Waals surface area (Å²) in [6.45, 7) is 11.8. The molecule has 0 radical (unpaired) electrons. The van der Waals surface area contributed by atoms with Gasteiger partial charge in [-0.2, -0.15) is 0 Å². The number of nitrogens with zero attached hydrogens (tertiary/aromatic N) is 1. The zero-order valence-electron chi connectivity index (χ0n) is 17.2. The second-order valence-corrected chi connectivity index (χ2v) is 9.58. The summed E-state index contributed by atoms with van der Waals surface area (Å²) in [6, 6.07) is 2.26. The van der Waals surface area contributed by atoms with E-state index in [0.29, 0.717) is 6.42 Å². The highest BCUT2D eigenvalue weighted by Crippen LogP contribution is 2.47. The molecule has 5 nitrogen and oxygen atoms in total. The smallest absolute Gasteiger partial charge is 0.175 e. The molecular weight excluding hydrogens is 410 g/mol. The number of benzene rings is 1. The molecular formula is C21H32BrNO4. The number of rotatable bonds is 4. The van der Waals surface area contributed by atoms with Gasteiger partial charge >= 0.3 is 0 Å². The van der Waals surface area contributed by atoms with Crippen LogP contribution in [0.5, 0.6) is 11.5 Å². The molecule has 152 valence electrons. The molecule has 0 bridgehead atoms. The second kappa shape index (κ2) is 7.90. The Balaban J connectivity index is 1.92. The van der Waals surface area contributed by atoms with Gasteiger partial charge in [-0.1, -0.05) is 0 Å². The number of fused-ring (bicyclic) bond motifs is 3. The Morgan fingerprint density at radius 1 is 1.30 bits per heavy atom. The van der Waals surface area contributed by atoms with Crippen molar-refractivity contribution in [3.63, 3.8) is 0 Å². The van der Waals surface area contributed by atoms with Gasteiger partial charge in [0, 0.05) is 19.1 Å². The van der Waals surface area contributed by atoms with E-state index in [2.05, 4.69) is 26.9 Å². The van der Waals surface area contributed by atoms with Gasteiger partial charge in [0.1, 0.15) is 0 Å². The molecule has 6 heteroatoms. The molecule has 2 heterocycles. The van der Waals surface area contributed by atoms with Crippen molar-refractivity contribution in [3.8, 4) is 11.5 Å². The summed E-state index contributed by atoms with van der Waals surface area (Å²) >= 11 is 3.76. The third-order valence-electron chi connectivity index (χ3n) is 5.16. The van der Waals surface area contributed by atoms with Crippen LogP contribution in [-0.4, -0.2) is 54.1 Å². The molecule has 3 atom stereocenters. The van der Waals surface area contributed by atoms with Crippen molar-refractivity contribution in [1.82, 2.24) is 4.90 Å². The SMILES string of the molecule is COc1cc2c(c(Br)c1OC(C)C)CCN1C[C@@H](OC(C)(C)C)[C@H](O)C[C@H]21. The van der Waals surface area contributed by atoms with Gasteiger partial charge in [0.2, 0.25) is 0 Å². The molecule has 0 aliphatic carbocycles. The monoisotopic (exact) mass is 441 g/mol. The maximum atomic E-state index is 10.7. The largest absolute Gasteiger partial charge is 0.493 e. The molecule has 1 fully saturated rings. The van der Waals surface area contributed by atoms with Gasteiger partial charge in [0.15, 0.2) is 11.5 Å². The van der Waals surface area contributed by atoms with E-state index in [-0.39, 0.29) is 23.9 Å². The molecule has 0 amide bonds. The lowest BCUT2D eigenvalue weighted by atomic mass is 9.84. The van der Waals surface area contributed by atoms with Crippen LogP contribution in [0.15, 0.2) is 10.5 Å². The first kappa shape index (κ1) is 20.9. The van der Waals surface area contributed by atoms with E-state index in [1.54, 1.807) is 7.11 Å². The Kier molecular flexibility index (Phi) is 6.11. The fourth-order valence-corrected chi connectivity index (χ4v) is 4.84. The summed E-state index contributed by atoms with van der Waals surface area (Å²) in [4.78, 5) is 2.43. The van der Waals surface area contributed by atoms with E-state index in [1.807, 2.05) is 34.6 Å². The average Bonchev–Trinajstić information content (AvgIpc) is 2.56. The number of aliphatic hydroxyl groups excluding tert-OH is 1. The molecule has 0 aromatic heterocycles. The first-order valence-electron chi connectivity index (χ1n) is 9.76. The van der Waals surface area contributed by atoms with E-state index < -0.39 is 6.10 Å². The van der Waals surface area contributed by atoms with Crippen molar-refractivity contribution in [2.24, 2.45) is 0 Å². The number of hydrogen-bond acceptors (Lipinski definition) is 5. The maximum absolute atomic E-state index is 10.7. The molecule has 3 rings (SSSR count). The second-order valence-electron chi connectivity index (χ2n) is 8.79. The molecule has 2 aliphatic rings. The van der Waals surface area contributed by atoms with Gasteiger partial charge in [-0.05, 0) is 80.6 Å². The first-order valence-corrected chi connectivity index (χ1v) is 10.6. The fourth-order valence-electron chi connectivity index (χ4n) is 4.12. The van der Waals surface area contributed by atoms with Crippen LogP contribution in [0.1, 0.15) is 58.2 Å². The van der Waals surface area contributed by atoms with Crippen LogP contribution in [0.4, 0.5) is 0 Å². The number of piperidine rings is 1. The van der Waals surface area contributed by atoms with Gasteiger partial charge in [-0.25, -0.2) is 0 Å². The lowest BCUT2D eigenvalue weighted by Crippen LogP contribution is -2.53. The van der Waals surface area contributed by atoms with E-state index in [4.69, 9.17) is 14.2 Å². The van der Waals surface area contributed by atoms with Crippen molar-refractivity contribution in [3.05, 3.63) is 21.7 Å². The molecule has 2 aliphatic heterocycles. The Hall–Kier alpha value is -0.820. The lowest BCUT2D eigenvalue weighted by molar-refractivity contribution is -0.149. The van der Waals surface area contributed by atoms with Crippen molar-refractivity contribution >= 4 is 15.9 Å². The van der Waals surface area contributed by atoms with E-state index in [0.717, 1.165) is 35.5 Å². The van der Waals surface area contributed by atoms with Gasteiger partial charge in [-0.3, -0.25) is 4.90 Å². The van der Waals surface area contributed by atoms with Crippen LogP contribution >= 0.6 is 15.9 Å². The van der Waals surface area contributed by atoms with E-state index in [9.17, 15) is 5.11 Å². The highest BCUT2D eigenvalue weighted by atomic mass is 79.9. The number of hydrogen-bond donors (Lipinski definition) is 1. The molecule has 1 N–H and O–H groups in total. The van der Waals surface area contributed by atoms with Crippen LogP contribution in [-0.2, 0) is 11.2 Å². The number of ether oxygens (including phenoxy) is 3. The topological polar surface area (TPSA) is 51.2 Å². The van der Waals surface area contributed by atoms with Crippen LogP contribution in [0.25, 0.3) is 0 Å². The molecule has 1 aromatic carbocycles. The summed E-state index contributed by atoms with van der Waals surface area (Å²) in [5.41, 5.74) is 2.21. The van der Waals surface area contributed by atoms with E-state index in [1.165, 1.54) is 11.1 Å². The molecule has 0 spiro atoms. The van der Waals surface area contributed by atoms with E-state index >= 15 is 0 Å². The summed E-state index contributed by atoms with van der Waals surface area (Å²) in [5, 5.41) is 10.7. The molecule has 1 aromatic rings. The summed E-state index contributed by atoms with van der Waals surface area (Å²) in [7, 11) is 1.67. The van der Waals surface area contributed by atoms with Gasteiger partial charge < -0.3 is 19.3 Å². The van der Waals surface area contributed by atoms with Gasteiger partial charge in [-0.15, -0.1) is 0 Å². The standard InChI is InChI=1S/C21H32BrNO4/c1-12(2)26-20-17(25-6)9-14-13(19(20)22)7-8-23-11-18(27-21(3,4)5)16(24)10-15(14)23/h9,12,15-16,18,24H,7-8,10-11H2,1-6H3/t15-,16-,18-/m1/s1. The molecule has 1 saturated heterocycles. The molecule has 27 heavy (non-hydrogen) atoms. The van der Waals surface area contributed by atoms with Crippen LogP contribution in [0.3, 0.4) is 0 Å². The van der Waals surface area contributed by atoms with Crippen LogP contribution in [0.2, 0.25) is 0 Å². The van der Waals surface area contributed by atoms with Gasteiger partial charge in [0.05, 0.1) is 35.5 Å². The fraction of sp³-hybridized carbons (Fsp3) is 0.714. The van der Waals surface area contributed by atoms with Crippen molar-refractivity contribution in [1.29, 1.82) is 0 Å². The highest BCUT2D eigenvalue weighted by molar-refractivity contribution is 9.10. The van der Waals surface area contributed by atoms with Crippen LogP contribution in [0, 0.1) is 0 Å². The average molecular weight is 442 g/mol. The number of methoxy groups -OCH3 is 1. The Morgan fingerprint density at radius 3 is 2.59 bits per heavy atom. The minimum absolute atomic E-state index is 0.0696. The first-order chi connectivity index (χ1) is 12.6. The predicted octanol–water partition coefficient (Wildman–Crippen LogP) is 4.09. The quantitative estimate of drug-likeness (QED) is 0.761. The summed E-state index contributed by atoms with van der Waals surface area (Å²) in [5.74, 6) is 1.50. The zero-order valence-corrected chi connectivity index (χ0v) is 18.8.